The molecule has 2 N–H and O–H groups in total. The quantitative estimate of drug-likeness (QED) is 0.426. The summed E-state index contributed by atoms with van der Waals surface area (Å²) in [6, 6.07) is 30.1. The summed E-state index contributed by atoms with van der Waals surface area (Å²) in [5.74, 6) is 1.00. The Bertz CT molecular complexity index is 1210. The molecule has 1 heterocycles. The lowest BCUT2D eigenvalue weighted by atomic mass is 9.98. The Kier molecular flexibility index (Phi) is 5.96. The van der Waals surface area contributed by atoms with Gasteiger partial charge >= 0.3 is 0 Å². The summed E-state index contributed by atoms with van der Waals surface area (Å²) >= 11 is 0. The zero-order valence-corrected chi connectivity index (χ0v) is 17.4. The van der Waals surface area contributed by atoms with E-state index in [-0.39, 0.29) is 5.82 Å². The van der Waals surface area contributed by atoms with E-state index < -0.39 is 0 Å². The molecule has 0 bridgehead atoms. The minimum absolute atomic E-state index is 0.235. The lowest BCUT2D eigenvalue weighted by Gasteiger charge is -2.12. The first kappa shape index (κ1) is 20.2. The van der Waals surface area contributed by atoms with Gasteiger partial charge in [-0.15, -0.1) is 0 Å². The van der Waals surface area contributed by atoms with Crippen molar-refractivity contribution in [3.8, 4) is 34.2 Å². The standard InChI is InChI=1S/C27H23N3O/c1-2-19-8-10-22(11-9-19)26-16-24(25(17-28)27(29)30-26)21-12-14-23(15-13-21)31-18-20-6-4-3-5-7-20/h3-16H,2,18H2,1H3,(H2,29,30). The molecule has 0 atom stereocenters. The van der Waals surface area contributed by atoms with E-state index in [9.17, 15) is 5.26 Å². The van der Waals surface area contributed by atoms with Crippen LogP contribution in [0.15, 0.2) is 84.9 Å². The van der Waals surface area contributed by atoms with Crippen molar-refractivity contribution in [2.75, 3.05) is 5.73 Å². The predicted octanol–water partition coefficient (Wildman–Crippen LogP) is 6.01. The number of hydrogen-bond donors (Lipinski definition) is 1. The Hall–Kier alpha value is -4.10. The number of nitrogens with two attached hydrogens (primary N) is 1. The molecule has 3 aromatic carbocycles. The van der Waals surface area contributed by atoms with Gasteiger partial charge in [0.1, 0.15) is 29.8 Å². The third kappa shape index (κ3) is 4.57. The van der Waals surface area contributed by atoms with Crippen LogP contribution in [0.3, 0.4) is 0 Å². The molecule has 0 amide bonds. The van der Waals surface area contributed by atoms with Crippen LogP contribution in [0.1, 0.15) is 23.6 Å². The molecule has 0 saturated heterocycles. The van der Waals surface area contributed by atoms with E-state index >= 15 is 0 Å². The first-order chi connectivity index (χ1) is 15.2. The summed E-state index contributed by atoms with van der Waals surface area (Å²) < 4.78 is 5.88. The van der Waals surface area contributed by atoms with E-state index in [2.05, 4.69) is 30.1 Å². The highest BCUT2D eigenvalue weighted by Gasteiger charge is 2.13. The molecule has 0 aliphatic carbocycles. The zero-order valence-electron chi connectivity index (χ0n) is 17.4. The maximum absolute atomic E-state index is 9.66. The lowest BCUT2D eigenvalue weighted by molar-refractivity contribution is 0.306. The number of rotatable bonds is 6. The molecule has 0 spiro atoms. The van der Waals surface area contributed by atoms with Crippen LogP contribution >= 0.6 is 0 Å². The summed E-state index contributed by atoms with van der Waals surface area (Å²) in [6.07, 6.45) is 0.979. The van der Waals surface area contributed by atoms with Crippen LogP contribution < -0.4 is 10.5 Å². The average Bonchev–Trinajstić information content (AvgIpc) is 2.83. The molecular weight excluding hydrogens is 382 g/mol. The van der Waals surface area contributed by atoms with Gasteiger partial charge in [-0.05, 0) is 41.3 Å². The van der Waals surface area contributed by atoms with Gasteiger partial charge in [0.15, 0.2) is 0 Å². The molecule has 0 radical (unpaired) electrons. The average molecular weight is 406 g/mol. The third-order valence-corrected chi connectivity index (χ3v) is 5.23. The Morgan fingerprint density at radius 2 is 1.55 bits per heavy atom. The second kappa shape index (κ2) is 9.15. The van der Waals surface area contributed by atoms with Gasteiger partial charge in [0.2, 0.25) is 0 Å². The summed E-state index contributed by atoms with van der Waals surface area (Å²) in [5, 5.41) is 9.66. The van der Waals surface area contributed by atoms with Gasteiger partial charge in [0, 0.05) is 11.1 Å². The summed E-state index contributed by atoms with van der Waals surface area (Å²) in [6.45, 7) is 2.63. The van der Waals surface area contributed by atoms with Crippen LogP contribution in [-0.4, -0.2) is 4.98 Å². The normalized spacial score (nSPS) is 10.5. The molecule has 0 aliphatic rings. The predicted molar refractivity (Wildman–Crippen MR) is 124 cm³/mol. The highest BCUT2D eigenvalue weighted by molar-refractivity contribution is 5.80. The number of pyridine rings is 1. The fourth-order valence-corrected chi connectivity index (χ4v) is 3.44. The smallest absolute Gasteiger partial charge is 0.142 e. The van der Waals surface area contributed by atoms with E-state index in [1.54, 1.807) is 0 Å². The van der Waals surface area contributed by atoms with Crippen LogP contribution in [0, 0.1) is 11.3 Å². The largest absolute Gasteiger partial charge is 0.489 e. The number of nitriles is 1. The second-order valence-corrected chi connectivity index (χ2v) is 7.28. The van der Waals surface area contributed by atoms with Gasteiger partial charge in [0.25, 0.3) is 0 Å². The van der Waals surface area contributed by atoms with Crippen molar-refractivity contribution >= 4 is 5.82 Å². The molecule has 31 heavy (non-hydrogen) atoms. The Labute approximate surface area is 182 Å². The van der Waals surface area contributed by atoms with Crippen LogP contribution in [0.2, 0.25) is 0 Å². The monoisotopic (exact) mass is 405 g/mol. The highest BCUT2D eigenvalue weighted by atomic mass is 16.5. The molecule has 4 nitrogen and oxygen atoms in total. The van der Waals surface area contributed by atoms with E-state index in [1.165, 1.54) is 5.56 Å². The van der Waals surface area contributed by atoms with E-state index in [0.29, 0.717) is 12.2 Å². The Morgan fingerprint density at radius 1 is 0.871 bits per heavy atom. The molecule has 1 aromatic heterocycles. The SMILES string of the molecule is CCc1ccc(-c2cc(-c3ccc(OCc4ccccc4)cc3)c(C#N)c(N)n2)cc1. The molecule has 0 unspecified atom stereocenters. The van der Waals surface area contributed by atoms with Crippen molar-refractivity contribution < 1.29 is 4.74 Å². The van der Waals surface area contributed by atoms with E-state index in [1.807, 2.05) is 72.8 Å². The third-order valence-electron chi connectivity index (χ3n) is 5.23. The second-order valence-electron chi connectivity index (χ2n) is 7.28. The van der Waals surface area contributed by atoms with Crippen molar-refractivity contribution in [1.29, 1.82) is 5.26 Å². The Balaban J connectivity index is 1.63. The zero-order chi connectivity index (χ0) is 21.6. The number of aryl methyl sites for hydroxylation is 1. The van der Waals surface area contributed by atoms with Gasteiger partial charge in [-0.1, -0.05) is 73.7 Å². The molecule has 152 valence electrons. The summed E-state index contributed by atoms with van der Waals surface area (Å²) in [5.41, 5.74) is 12.3. The van der Waals surface area contributed by atoms with Crippen molar-refractivity contribution in [1.82, 2.24) is 4.98 Å². The maximum Gasteiger partial charge on any atom is 0.142 e. The van der Waals surface area contributed by atoms with Gasteiger partial charge in [-0.25, -0.2) is 4.98 Å². The number of nitrogens with zero attached hydrogens (tertiary/aromatic N) is 2. The molecule has 0 saturated carbocycles. The first-order valence-corrected chi connectivity index (χ1v) is 10.2. The number of hydrogen-bond acceptors (Lipinski definition) is 4. The van der Waals surface area contributed by atoms with Gasteiger partial charge in [-0.2, -0.15) is 5.26 Å². The molecule has 4 rings (SSSR count). The van der Waals surface area contributed by atoms with Crippen molar-refractivity contribution in [3.05, 3.63) is 102 Å². The first-order valence-electron chi connectivity index (χ1n) is 10.2. The van der Waals surface area contributed by atoms with Crippen LogP contribution in [0.4, 0.5) is 5.82 Å². The van der Waals surface area contributed by atoms with Crippen LogP contribution in [-0.2, 0) is 13.0 Å². The minimum Gasteiger partial charge on any atom is -0.489 e. The van der Waals surface area contributed by atoms with E-state index in [4.69, 9.17) is 10.5 Å². The molecule has 0 fully saturated rings. The number of benzene rings is 3. The number of aromatic nitrogens is 1. The summed E-state index contributed by atoms with van der Waals surface area (Å²) in [7, 11) is 0. The Morgan fingerprint density at radius 3 is 2.19 bits per heavy atom. The molecule has 0 aliphatic heterocycles. The number of anilines is 1. The van der Waals surface area contributed by atoms with E-state index in [0.717, 1.165) is 40.1 Å². The van der Waals surface area contributed by atoms with Gasteiger partial charge < -0.3 is 10.5 Å². The maximum atomic E-state index is 9.66. The van der Waals surface area contributed by atoms with Gasteiger partial charge in [0.05, 0.1) is 5.69 Å². The molecule has 4 aromatic rings. The van der Waals surface area contributed by atoms with Gasteiger partial charge in [-0.3, -0.25) is 0 Å². The van der Waals surface area contributed by atoms with Crippen molar-refractivity contribution in [2.45, 2.75) is 20.0 Å². The summed E-state index contributed by atoms with van der Waals surface area (Å²) in [4.78, 5) is 4.47. The lowest BCUT2D eigenvalue weighted by Crippen LogP contribution is -2.00. The molecule has 4 heteroatoms. The topological polar surface area (TPSA) is 71.9 Å². The fourth-order valence-electron chi connectivity index (χ4n) is 3.44. The minimum atomic E-state index is 0.235. The van der Waals surface area contributed by atoms with Crippen molar-refractivity contribution in [2.24, 2.45) is 0 Å². The van der Waals surface area contributed by atoms with Crippen molar-refractivity contribution in [3.63, 3.8) is 0 Å². The highest BCUT2D eigenvalue weighted by Crippen LogP contribution is 2.32. The van der Waals surface area contributed by atoms with Crippen LogP contribution in [0.25, 0.3) is 22.4 Å². The number of nitrogen functional groups attached to an aromatic ring is 1. The number of ether oxygens (including phenoxy) is 1. The molecular formula is C27H23N3O. The fraction of sp³-hybridized carbons (Fsp3) is 0.111. The van der Waals surface area contributed by atoms with Crippen LogP contribution in [0.5, 0.6) is 5.75 Å².